The Balaban J connectivity index is 2.33. The summed E-state index contributed by atoms with van der Waals surface area (Å²) < 4.78 is 0. The fourth-order valence-corrected chi connectivity index (χ4v) is 2.19. The molecule has 1 aromatic carbocycles. The molecule has 2 rings (SSSR count). The van der Waals surface area contributed by atoms with Crippen LogP contribution in [0.3, 0.4) is 0 Å². The zero-order valence-electron chi connectivity index (χ0n) is 9.84. The summed E-state index contributed by atoms with van der Waals surface area (Å²) in [5.74, 6) is 1.82. The Morgan fingerprint density at radius 3 is 2.65 bits per heavy atom. The molecular weight excluding hydrogens is 232 g/mol. The van der Waals surface area contributed by atoms with E-state index in [4.69, 9.17) is 0 Å². The maximum atomic E-state index is 4.14. The van der Waals surface area contributed by atoms with Crippen LogP contribution < -0.4 is 5.32 Å². The van der Waals surface area contributed by atoms with E-state index in [0.29, 0.717) is 0 Å². The number of anilines is 1. The molecule has 5 heteroatoms. The predicted molar refractivity (Wildman–Crippen MR) is 71.2 cm³/mol. The molecule has 1 aromatic heterocycles. The van der Waals surface area contributed by atoms with Crippen LogP contribution in [0, 0.1) is 0 Å². The number of aromatic nitrogens is 3. The van der Waals surface area contributed by atoms with Gasteiger partial charge in [0, 0.05) is 17.5 Å². The van der Waals surface area contributed by atoms with E-state index >= 15 is 0 Å². The molecule has 1 heterocycles. The van der Waals surface area contributed by atoms with Crippen LogP contribution in [0.25, 0.3) is 11.3 Å². The summed E-state index contributed by atoms with van der Waals surface area (Å²) in [5, 5.41) is 11.0. The highest BCUT2D eigenvalue weighted by Crippen LogP contribution is 2.25. The number of benzene rings is 1. The minimum atomic E-state index is 0.746. The molecule has 0 saturated carbocycles. The van der Waals surface area contributed by atoms with Gasteiger partial charge in [-0.3, -0.25) is 0 Å². The molecule has 0 unspecified atom stereocenters. The van der Waals surface area contributed by atoms with Gasteiger partial charge in [-0.05, 0) is 17.9 Å². The first kappa shape index (κ1) is 11.9. The molecule has 0 aliphatic rings. The lowest BCUT2D eigenvalue weighted by atomic mass is 10.1. The molecular formula is C12H14N4S. The van der Waals surface area contributed by atoms with Gasteiger partial charge in [0.05, 0.1) is 0 Å². The Bertz CT molecular complexity index is 484. The fraction of sp³-hybridized carbons (Fsp3) is 0.250. The first-order chi connectivity index (χ1) is 8.35. The molecule has 0 atom stereocenters. The van der Waals surface area contributed by atoms with Crippen LogP contribution in [0.2, 0.25) is 0 Å². The summed E-state index contributed by atoms with van der Waals surface area (Å²) in [4.78, 5) is 5.41. The zero-order valence-corrected chi connectivity index (χ0v) is 10.7. The molecule has 0 aliphatic carbocycles. The van der Waals surface area contributed by atoms with Crippen molar-refractivity contribution in [3.63, 3.8) is 0 Å². The minimum absolute atomic E-state index is 0.746. The molecule has 2 aromatic rings. The quantitative estimate of drug-likeness (QED) is 0.841. The lowest BCUT2D eigenvalue weighted by Gasteiger charge is -2.06. The summed E-state index contributed by atoms with van der Waals surface area (Å²) in [7, 11) is 1.83. The predicted octanol–water partition coefficient (Wildman–Crippen LogP) is 2.69. The highest BCUT2D eigenvalue weighted by atomic mass is 32.2. The van der Waals surface area contributed by atoms with Crippen LogP contribution >= 0.6 is 11.8 Å². The van der Waals surface area contributed by atoms with Gasteiger partial charge in [0.15, 0.2) is 5.82 Å². The summed E-state index contributed by atoms with van der Waals surface area (Å²) in [6.07, 6.45) is 1.44. The fourth-order valence-electron chi connectivity index (χ4n) is 1.53. The van der Waals surface area contributed by atoms with Crippen molar-refractivity contribution in [1.29, 1.82) is 0 Å². The lowest BCUT2D eigenvalue weighted by Crippen LogP contribution is -1.99. The molecule has 17 heavy (non-hydrogen) atoms. The Morgan fingerprint density at radius 2 is 2.00 bits per heavy atom. The normalized spacial score (nSPS) is 10.2. The van der Waals surface area contributed by atoms with E-state index in [9.17, 15) is 0 Å². The van der Waals surface area contributed by atoms with Gasteiger partial charge in [-0.15, -0.1) is 22.0 Å². The monoisotopic (exact) mass is 246 g/mol. The summed E-state index contributed by atoms with van der Waals surface area (Å²) in [6, 6.07) is 8.28. The van der Waals surface area contributed by atoms with E-state index < -0.39 is 0 Å². The summed E-state index contributed by atoms with van der Waals surface area (Å²) >= 11 is 1.82. The molecule has 1 N–H and O–H groups in total. The Labute approximate surface area is 105 Å². The highest BCUT2D eigenvalue weighted by Gasteiger charge is 2.06. The van der Waals surface area contributed by atoms with Crippen molar-refractivity contribution in [2.75, 3.05) is 18.1 Å². The third-order valence-electron chi connectivity index (χ3n) is 2.30. The van der Waals surface area contributed by atoms with Crippen molar-refractivity contribution in [3.05, 3.63) is 30.6 Å². The first-order valence-corrected chi connectivity index (χ1v) is 6.42. The molecule has 4 nitrogen and oxygen atoms in total. The van der Waals surface area contributed by atoms with E-state index in [-0.39, 0.29) is 0 Å². The standard InChI is InChI=1S/C12H14N4S/c1-3-17-10-6-4-9(5-7-10)11-12(13-2)14-8-15-16-11/h4-8H,3H2,1-2H3,(H,13,14,15). The largest absolute Gasteiger partial charge is 0.371 e. The Morgan fingerprint density at radius 1 is 1.24 bits per heavy atom. The number of thioether (sulfide) groups is 1. The second-order valence-corrected chi connectivity index (χ2v) is 4.70. The van der Waals surface area contributed by atoms with Gasteiger partial charge in [0.25, 0.3) is 0 Å². The second kappa shape index (κ2) is 5.63. The van der Waals surface area contributed by atoms with Gasteiger partial charge in [-0.1, -0.05) is 19.1 Å². The lowest BCUT2D eigenvalue weighted by molar-refractivity contribution is 0.977. The number of hydrogen-bond acceptors (Lipinski definition) is 5. The maximum Gasteiger partial charge on any atom is 0.156 e. The summed E-state index contributed by atoms with van der Waals surface area (Å²) in [5.41, 5.74) is 1.80. The maximum absolute atomic E-state index is 4.14. The minimum Gasteiger partial charge on any atom is -0.371 e. The van der Waals surface area contributed by atoms with Crippen LogP contribution in [-0.2, 0) is 0 Å². The first-order valence-electron chi connectivity index (χ1n) is 5.43. The van der Waals surface area contributed by atoms with E-state index in [1.807, 2.05) is 30.9 Å². The van der Waals surface area contributed by atoms with Crippen molar-refractivity contribution in [2.45, 2.75) is 11.8 Å². The zero-order chi connectivity index (χ0) is 12.1. The Kier molecular flexibility index (Phi) is 3.93. The van der Waals surface area contributed by atoms with Crippen LogP contribution in [0.5, 0.6) is 0 Å². The number of nitrogens with zero attached hydrogens (tertiary/aromatic N) is 3. The van der Waals surface area contributed by atoms with E-state index in [1.165, 1.54) is 11.2 Å². The molecule has 0 fully saturated rings. The van der Waals surface area contributed by atoms with Crippen molar-refractivity contribution in [2.24, 2.45) is 0 Å². The highest BCUT2D eigenvalue weighted by molar-refractivity contribution is 7.99. The van der Waals surface area contributed by atoms with Gasteiger partial charge in [0.2, 0.25) is 0 Å². The molecule has 0 bridgehead atoms. The third-order valence-corrected chi connectivity index (χ3v) is 3.19. The van der Waals surface area contributed by atoms with Crippen LogP contribution in [0.4, 0.5) is 5.82 Å². The topological polar surface area (TPSA) is 50.7 Å². The van der Waals surface area contributed by atoms with Gasteiger partial charge in [-0.25, -0.2) is 4.98 Å². The van der Waals surface area contributed by atoms with Gasteiger partial charge in [-0.2, -0.15) is 0 Å². The smallest absolute Gasteiger partial charge is 0.156 e. The van der Waals surface area contributed by atoms with Crippen molar-refractivity contribution >= 4 is 17.6 Å². The molecule has 0 aliphatic heterocycles. The number of rotatable bonds is 4. The van der Waals surface area contributed by atoms with Gasteiger partial charge < -0.3 is 5.32 Å². The molecule has 0 spiro atoms. The SMILES string of the molecule is CCSc1ccc(-c2nncnc2NC)cc1. The Hall–Kier alpha value is -1.62. The van der Waals surface area contributed by atoms with Gasteiger partial charge >= 0.3 is 0 Å². The van der Waals surface area contributed by atoms with Crippen molar-refractivity contribution in [3.8, 4) is 11.3 Å². The number of nitrogens with one attached hydrogen (secondary N) is 1. The van der Waals surface area contributed by atoms with Crippen LogP contribution in [-0.4, -0.2) is 28.0 Å². The van der Waals surface area contributed by atoms with E-state index in [1.54, 1.807) is 0 Å². The molecule has 0 radical (unpaired) electrons. The van der Waals surface area contributed by atoms with Gasteiger partial charge in [0.1, 0.15) is 12.0 Å². The average Bonchev–Trinajstić information content (AvgIpc) is 2.40. The molecule has 0 amide bonds. The molecule has 0 saturated heterocycles. The van der Waals surface area contributed by atoms with E-state index in [2.05, 4.69) is 39.6 Å². The van der Waals surface area contributed by atoms with Crippen molar-refractivity contribution < 1.29 is 0 Å². The second-order valence-electron chi connectivity index (χ2n) is 3.36. The molecule has 88 valence electrons. The van der Waals surface area contributed by atoms with Crippen LogP contribution in [0.15, 0.2) is 35.5 Å². The van der Waals surface area contributed by atoms with Crippen LogP contribution in [0.1, 0.15) is 6.92 Å². The summed E-state index contributed by atoms with van der Waals surface area (Å²) in [6.45, 7) is 2.14. The van der Waals surface area contributed by atoms with E-state index in [0.717, 1.165) is 22.8 Å². The average molecular weight is 246 g/mol. The third kappa shape index (κ3) is 2.74. The van der Waals surface area contributed by atoms with Crippen molar-refractivity contribution in [1.82, 2.24) is 15.2 Å². The number of hydrogen-bond donors (Lipinski definition) is 1.